The second kappa shape index (κ2) is 14.3. The van der Waals surface area contributed by atoms with Gasteiger partial charge in [0.1, 0.15) is 10.8 Å². The Bertz CT molecular complexity index is 1290. The van der Waals surface area contributed by atoms with E-state index < -0.39 is 11.3 Å². The average molecular weight is 581 g/mol. The minimum atomic E-state index is -2.29. The normalized spacial score (nSPS) is 11.5. The van der Waals surface area contributed by atoms with E-state index in [4.69, 9.17) is 30.5 Å². The first kappa shape index (κ1) is 29.7. The van der Waals surface area contributed by atoms with E-state index in [2.05, 4.69) is 25.9 Å². The number of rotatable bonds is 15. The van der Waals surface area contributed by atoms with Gasteiger partial charge in [-0.15, -0.1) is 0 Å². The number of carbonyl (C=O) groups is 1. The Kier molecular flexibility index (Phi) is 10.9. The lowest BCUT2D eigenvalue weighted by atomic mass is 10.1. The third kappa shape index (κ3) is 7.83. The van der Waals surface area contributed by atoms with Gasteiger partial charge in [0.2, 0.25) is 29.4 Å². The van der Waals surface area contributed by atoms with Gasteiger partial charge in [0.05, 0.1) is 34.6 Å². The number of anilines is 4. The summed E-state index contributed by atoms with van der Waals surface area (Å²) < 4.78 is 44.4. The smallest absolute Gasteiger partial charge is 0.234 e. The Hall–Kier alpha value is -3.85. The van der Waals surface area contributed by atoms with Gasteiger partial charge in [-0.25, -0.2) is 9.19 Å². The molecule has 13 nitrogen and oxygen atoms in total. The summed E-state index contributed by atoms with van der Waals surface area (Å²) in [5, 5.41) is 8.98. The first-order valence-electron chi connectivity index (χ1n) is 11.4. The molecule has 0 saturated carbocycles. The Morgan fingerprint density at radius 3 is 2.36 bits per heavy atom. The molecule has 39 heavy (non-hydrogen) atoms. The maximum atomic E-state index is 11.9. The summed E-state index contributed by atoms with van der Waals surface area (Å²) >= 11 is 4.11. The highest BCUT2D eigenvalue weighted by molar-refractivity contribution is 7.76. The maximum absolute atomic E-state index is 11.9. The summed E-state index contributed by atoms with van der Waals surface area (Å²) in [7, 11) is 6.06. The van der Waals surface area contributed by atoms with Crippen LogP contribution in [0, 0.1) is 0 Å². The zero-order chi connectivity index (χ0) is 28.4. The van der Waals surface area contributed by atoms with Gasteiger partial charge < -0.3 is 34.9 Å². The Labute approximate surface area is 233 Å². The van der Waals surface area contributed by atoms with Crippen LogP contribution in [-0.2, 0) is 22.6 Å². The first-order valence-corrected chi connectivity index (χ1v) is 12.8. The fourth-order valence-corrected chi connectivity index (χ4v) is 4.16. The van der Waals surface area contributed by atoms with Gasteiger partial charge in [-0.2, -0.15) is 9.29 Å². The highest BCUT2D eigenvalue weighted by Crippen LogP contribution is 2.40. The van der Waals surface area contributed by atoms with Crippen molar-refractivity contribution in [2.45, 2.75) is 6.54 Å². The lowest BCUT2D eigenvalue weighted by molar-refractivity contribution is -0.109. The zero-order valence-electron chi connectivity index (χ0n) is 21.7. The third-order valence-electron chi connectivity index (χ3n) is 5.39. The van der Waals surface area contributed by atoms with E-state index in [1.54, 1.807) is 30.3 Å². The molecule has 1 amide bonds. The topological polar surface area (TPSA) is 156 Å². The van der Waals surface area contributed by atoms with Crippen molar-refractivity contribution in [3.05, 3.63) is 47.1 Å². The molecule has 1 atom stereocenters. The van der Waals surface area contributed by atoms with Gasteiger partial charge in [-0.3, -0.25) is 9.35 Å². The molecule has 0 radical (unpaired) electrons. The summed E-state index contributed by atoms with van der Waals surface area (Å²) in [6.07, 6.45) is 1.96. The molecule has 0 aliphatic carbocycles. The van der Waals surface area contributed by atoms with Crippen molar-refractivity contribution in [2.75, 3.05) is 52.2 Å². The molecule has 4 N–H and O–H groups in total. The molecule has 1 heterocycles. The molecular formula is C24H29ClN6O7S. The van der Waals surface area contributed by atoms with Crippen LogP contribution in [0.1, 0.15) is 5.56 Å². The van der Waals surface area contributed by atoms with Crippen LogP contribution in [0.2, 0.25) is 5.02 Å². The molecule has 0 spiro atoms. The predicted octanol–water partition coefficient (Wildman–Crippen LogP) is 3.34. The number of benzene rings is 2. The van der Waals surface area contributed by atoms with E-state index in [0.717, 1.165) is 0 Å². The number of nitrogens with zero attached hydrogens (tertiary/aromatic N) is 3. The number of nitrogens with one attached hydrogen (secondary N) is 3. The molecule has 0 aliphatic heterocycles. The number of ether oxygens (including phenoxy) is 4. The second-order valence-corrected chi connectivity index (χ2v) is 9.13. The zero-order valence-corrected chi connectivity index (χ0v) is 23.3. The minimum Gasteiger partial charge on any atom is -0.497 e. The number of amides is 1. The Balaban J connectivity index is 1.90. The van der Waals surface area contributed by atoms with Gasteiger partial charge in [-0.1, -0.05) is 11.6 Å². The van der Waals surface area contributed by atoms with Crippen molar-refractivity contribution < 1.29 is 32.5 Å². The monoisotopic (exact) mass is 580 g/mol. The van der Waals surface area contributed by atoms with Crippen molar-refractivity contribution in [3.8, 4) is 23.0 Å². The van der Waals surface area contributed by atoms with Crippen LogP contribution in [0.4, 0.5) is 23.1 Å². The number of hydrogen-bond donors (Lipinski definition) is 4. The van der Waals surface area contributed by atoms with Gasteiger partial charge in [0.25, 0.3) is 0 Å². The molecule has 0 aliphatic rings. The van der Waals surface area contributed by atoms with Crippen LogP contribution in [-0.4, -0.2) is 71.0 Å². The summed E-state index contributed by atoms with van der Waals surface area (Å²) in [5.41, 5.74) is 1.76. The van der Waals surface area contributed by atoms with Crippen LogP contribution in [0.3, 0.4) is 0 Å². The summed E-state index contributed by atoms with van der Waals surface area (Å²) in [4.78, 5) is 19.3. The number of halogens is 1. The van der Waals surface area contributed by atoms with E-state index in [1.807, 2.05) is 0 Å². The summed E-state index contributed by atoms with van der Waals surface area (Å²) in [5.74, 6) is 2.39. The molecule has 0 bridgehead atoms. The van der Waals surface area contributed by atoms with Gasteiger partial charge >= 0.3 is 0 Å². The largest absolute Gasteiger partial charge is 0.497 e. The van der Waals surface area contributed by atoms with E-state index in [0.29, 0.717) is 46.3 Å². The van der Waals surface area contributed by atoms with E-state index in [9.17, 15) is 13.6 Å². The SMILES string of the molecule is COc1ccc(Nc2nc(Nc3cc(OC)c(OC)c(OC)c3)ncc2Cl)c(CN(CCNC=O)S(=O)O)c1. The van der Waals surface area contributed by atoms with Crippen LogP contribution in [0.15, 0.2) is 36.5 Å². The molecule has 3 aromatic rings. The molecule has 210 valence electrons. The quantitative estimate of drug-likeness (QED) is 0.119. The fraction of sp³-hybridized carbons (Fsp3) is 0.292. The highest BCUT2D eigenvalue weighted by Gasteiger charge is 2.17. The van der Waals surface area contributed by atoms with Gasteiger partial charge in [-0.05, 0) is 23.8 Å². The number of methoxy groups -OCH3 is 4. The molecule has 15 heteroatoms. The molecule has 1 unspecified atom stereocenters. The first-order chi connectivity index (χ1) is 18.8. The predicted molar refractivity (Wildman–Crippen MR) is 148 cm³/mol. The number of hydrogen-bond acceptors (Lipinski definition) is 10. The maximum Gasteiger partial charge on any atom is 0.234 e. The lowest BCUT2D eigenvalue weighted by Gasteiger charge is -2.20. The molecular weight excluding hydrogens is 552 g/mol. The molecule has 0 saturated heterocycles. The third-order valence-corrected chi connectivity index (χ3v) is 6.42. The Morgan fingerprint density at radius 2 is 1.77 bits per heavy atom. The molecule has 1 aromatic heterocycles. The van der Waals surface area contributed by atoms with E-state index in [1.165, 1.54) is 38.9 Å². The van der Waals surface area contributed by atoms with Crippen molar-refractivity contribution in [3.63, 3.8) is 0 Å². The minimum absolute atomic E-state index is 0.0580. The summed E-state index contributed by atoms with van der Waals surface area (Å²) in [6.45, 7) is 0.383. The van der Waals surface area contributed by atoms with Crippen molar-refractivity contribution in [2.24, 2.45) is 0 Å². The van der Waals surface area contributed by atoms with Crippen LogP contribution in [0.5, 0.6) is 23.0 Å². The Morgan fingerprint density at radius 1 is 1.05 bits per heavy atom. The number of carbonyl (C=O) groups excluding carboxylic acids is 1. The highest BCUT2D eigenvalue weighted by atomic mass is 35.5. The number of aromatic nitrogens is 2. The van der Waals surface area contributed by atoms with Crippen molar-refractivity contribution in [1.82, 2.24) is 19.6 Å². The molecule has 0 fully saturated rings. The molecule has 3 rings (SSSR count). The van der Waals surface area contributed by atoms with E-state index >= 15 is 0 Å². The van der Waals surface area contributed by atoms with E-state index in [-0.39, 0.29) is 36.4 Å². The fourth-order valence-electron chi connectivity index (χ4n) is 3.53. The summed E-state index contributed by atoms with van der Waals surface area (Å²) in [6, 6.07) is 8.60. The molecule has 2 aromatic carbocycles. The van der Waals surface area contributed by atoms with Crippen molar-refractivity contribution in [1.29, 1.82) is 0 Å². The van der Waals surface area contributed by atoms with Crippen LogP contribution < -0.4 is 34.9 Å². The van der Waals surface area contributed by atoms with Gasteiger partial charge in [0.15, 0.2) is 17.3 Å². The lowest BCUT2D eigenvalue weighted by Crippen LogP contribution is -2.32. The average Bonchev–Trinajstić information content (AvgIpc) is 2.94. The second-order valence-electron chi connectivity index (χ2n) is 7.74. The standard InChI is InChI=1S/C24H29ClN6O7S/c1-35-17-5-6-19(15(9-17)13-31(39(33)34)8-7-26-14-32)29-23-18(25)12-27-24(30-23)28-16-10-20(36-2)22(38-4)21(11-16)37-3/h5-6,9-12,14H,7-8,13H2,1-4H3,(H,26,32)(H,33,34)(H2,27,28,29,30). The van der Waals surface area contributed by atoms with Gasteiger partial charge in [0, 0.05) is 43.1 Å². The van der Waals surface area contributed by atoms with Crippen LogP contribution >= 0.6 is 11.6 Å². The van der Waals surface area contributed by atoms with Crippen molar-refractivity contribution >= 4 is 52.4 Å². The van der Waals surface area contributed by atoms with Crippen LogP contribution in [0.25, 0.3) is 0 Å².